The van der Waals surface area contributed by atoms with Crippen molar-refractivity contribution in [2.45, 2.75) is 19.9 Å². The van der Waals surface area contributed by atoms with Crippen LogP contribution in [-0.4, -0.2) is 11.4 Å². The standard InChI is InChI=1S/C14H15BrN2O2/c1-9(2)13(17-8-18)14-16-7-12(19-14)10-3-5-11(15)6-4-10/h3-9,13H,1-2H3,(H,17,18). The van der Waals surface area contributed by atoms with Gasteiger partial charge in [-0.05, 0) is 18.1 Å². The first-order chi connectivity index (χ1) is 9.11. The quantitative estimate of drug-likeness (QED) is 0.856. The molecule has 2 rings (SSSR count). The van der Waals surface area contributed by atoms with Crippen molar-refractivity contribution in [3.05, 3.63) is 40.8 Å². The lowest BCUT2D eigenvalue weighted by molar-refractivity contribution is -0.110. The topological polar surface area (TPSA) is 55.1 Å². The van der Waals surface area contributed by atoms with Gasteiger partial charge in [0.2, 0.25) is 12.3 Å². The molecule has 5 heteroatoms. The molecule has 0 saturated carbocycles. The number of amides is 1. The molecule has 0 spiro atoms. The van der Waals surface area contributed by atoms with E-state index in [9.17, 15) is 4.79 Å². The molecule has 0 aliphatic heterocycles. The Bertz CT molecular complexity index is 549. The molecule has 100 valence electrons. The van der Waals surface area contributed by atoms with Crippen molar-refractivity contribution in [3.8, 4) is 11.3 Å². The lowest BCUT2D eigenvalue weighted by Gasteiger charge is -2.15. The molecule has 1 heterocycles. The molecular formula is C14H15BrN2O2. The molecule has 1 unspecified atom stereocenters. The minimum absolute atomic E-state index is 0.207. The summed E-state index contributed by atoms with van der Waals surface area (Å²) in [6.45, 7) is 4.01. The van der Waals surface area contributed by atoms with Crippen molar-refractivity contribution in [2.75, 3.05) is 0 Å². The second-order valence-corrected chi connectivity index (χ2v) is 5.49. The first-order valence-corrected chi connectivity index (χ1v) is 6.82. The van der Waals surface area contributed by atoms with Crippen molar-refractivity contribution >= 4 is 22.3 Å². The highest BCUT2D eigenvalue weighted by molar-refractivity contribution is 9.10. The Morgan fingerprint density at radius 2 is 2.00 bits per heavy atom. The average molecular weight is 323 g/mol. The summed E-state index contributed by atoms with van der Waals surface area (Å²) in [6.07, 6.45) is 2.36. The maximum absolute atomic E-state index is 10.6. The number of oxazole rings is 1. The van der Waals surface area contributed by atoms with E-state index in [1.54, 1.807) is 6.20 Å². The van der Waals surface area contributed by atoms with E-state index in [1.807, 2.05) is 38.1 Å². The van der Waals surface area contributed by atoms with E-state index in [-0.39, 0.29) is 12.0 Å². The highest BCUT2D eigenvalue weighted by atomic mass is 79.9. The van der Waals surface area contributed by atoms with Crippen molar-refractivity contribution in [2.24, 2.45) is 5.92 Å². The van der Waals surface area contributed by atoms with Crippen molar-refractivity contribution in [3.63, 3.8) is 0 Å². The van der Waals surface area contributed by atoms with Crippen LogP contribution in [0.15, 0.2) is 39.4 Å². The maximum atomic E-state index is 10.6. The molecule has 0 fully saturated rings. The third-order valence-corrected chi connectivity index (χ3v) is 3.36. The average Bonchev–Trinajstić information content (AvgIpc) is 2.85. The van der Waals surface area contributed by atoms with Crippen molar-refractivity contribution in [1.29, 1.82) is 0 Å². The second-order valence-electron chi connectivity index (χ2n) is 4.58. The Labute approximate surface area is 120 Å². The Hall–Kier alpha value is -1.62. The predicted octanol–water partition coefficient (Wildman–Crippen LogP) is 3.55. The van der Waals surface area contributed by atoms with Crippen LogP contribution in [0.3, 0.4) is 0 Å². The number of nitrogens with one attached hydrogen (secondary N) is 1. The molecule has 0 bridgehead atoms. The van der Waals surface area contributed by atoms with E-state index in [4.69, 9.17) is 4.42 Å². The van der Waals surface area contributed by atoms with Gasteiger partial charge in [0.05, 0.1) is 6.20 Å². The summed E-state index contributed by atoms with van der Waals surface area (Å²) in [5.41, 5.74) is 0.954. The first kappa shape index (κ1) is 13.8. The molecule has 1 amide bonds. The number of hydrogen-bond donors (Lipinski definition) is 1. The molecule has 0 aliphatic rings. The summed E-state index contributed by atoms with van der Waals surface area (Å²) >= 11 is 3.39. The fourth-order valence-corrected chi connectivity index (χ4v) is 2.07. The number of rotatable bonds is 5. The van der Waals surface area contributed by atoms with Crippen LogP contribution >= 0.6 is 15.9 Å². The highest BCUT2D eigenvalue weighted by Gasteiger charge is 2.20. The fourth-order valence-electron chi connectivity index (χ4n) is 1.80. The summed E-state index contributed by atoms with van der Waals surface area (Å²) < 4.78 is 6.75. The van der Waals surface area contributed by atoms with Crippen LogP contribution in [0.2, 0.25) is 0 Å². The number of hydrogen-bond acceptors (Lipinski definition) is 3. The van der Waals surface area contributed by atoms with Crippen LogP contribution < -0.4 is 5.32 Å². The number of carbonyl (C=O) groups is 1. The van der Waals surface area contributed by atoms with Gasteiger partial charge < -0.3 is 9.73 Å². The molecule has 0 radical (unpaired) electrons. The predicted molar refractivity (Wildman–Crippen MR) is 76.4 cm³/mol. The smallest absolute Gasteiger partial charge is 0.217 e. The van der Waals surface area contributed by atoms with Crippen LogP contribution in [0.1, 0.15) is 25.8 Å². The highest BCUT2D eigenvalue weighted by Crippen LogP contribution is 2.27. The molecule has 1 aromatic heterocycles. The monoisotopic (exact) mass is 322 g/mol. The van der Waals surface area contributed by atoms with Gasteiger partial charge in [0.15, 0.2) is 5.76 Å². The van der Waals surface area contributed by atoms with E-state index in [0.717, 1.165) is 10.0 Å². The summed E-state index contributed by atoms with van der Waals surface area (Å²) in [4.78, 5) is 14.9. The minimum atomic E-state index is -0.207. The van der Waals surface area contributed by atoms with Crippen LogP contribution in [0.25, 0.3) is 11.3 Å². The van der Waals surface area contributed by atoms with Gasteiger partial charge in [-0.25, -0.2) is 4.98 Å². The Kier molecular flexibility index (Phi) is 4.37. The Morgan fingerprint density at radius 1 is 1.32 bits per heavy atom. The van der Waals surface area contributed by atoms with Crippen molar-refractivity contribution in [1.82, 2.24) is 10.3 Å². The first-order valence-electron chi connectivity index (χ1n) is 6.03. The maximum Gasteiger partial charge on any atom is 0.217 e. The lowest BCUT2D eigenvalue weighted by Crippen LogP contribution is -2.24. The van der Waals surface area contributed by atoms with E-state index in [0.29, 0.717) is 18.1 Å². The summed E-state index contributed by atoms with van der Waals surface area (Å²) in [6, 6.07) is 7.58. The largest absolute Gasteiger partial charge is 0.438 e. The number of halogens is 1. The van der Waals surface area contributed by atoms with Gasteiger partial charge in [0.1, 0.15) is 6.04 Å². The normalized spacial score (nSPS) is 12.4. The van der Waals surface area contributed by atoms with Crippen LogP contribution in [0.5, 0.6) is 0 Å². The second kappa shape index (κ2) is 6.02. The third kappa shape index (κ3) is 3.23. The fraction of sp³-hybridized carbons (Fsp3) is 0.286. The molecule has 4 nitrogen and oxygen atoms in total. The number of nitrogens with zero attached hydrogens (tertiary/aromatic N) is 1. The molecule has 1 N–H and O–H groups in total. The Morgan fingerprint density at radius 3 is 2.58 bits per heavy atom. The molecule has 2 aromatic rings. The number of carbonyl (C=O) groups excluding carboxylic acids is 1. The van der Waals surface area contributed by atoms with Crippen molar-refractivity contribution < 1.29 is 9.21 Å². The third-order valence-electron chi connectivity index (χ3n) is 2.83. The number of benzene rings is 1. The van der Waals surface area contributed by atoms with E-state index < -0.39 is 0 Å². The van der Waals surface area contributed by atoms with Gasteiger partial charge in [-0.15, -0.1) is 0 Å². The van der Waals surface area contributed by atoms with Gasteiger partial charge in [-0.3, -0.25) is 4.79 Å². The molecule has 1 aromatic carbocycles. The zero-order chi connectivity index (χ0) is 13.8. The lowest BCUT2D eigenvalue weighted by atomic mass is 10.1. The van der Waals surface area contributed by atoms with Crippen LogP contribution in [0, 0.1) is 5.92 Å². The summed E-state index contributed by atoms with van der Waals surface area (Å²) in [7, 11) is 0. The zero-order valence-corrected chi connectivity index (χ0v) is 12.3. The SMILES string of the molecule is CC(C)C(NC=O)c1ncc(-c2ccc(Br)cc2)o1. The van der Waals surface area contributed by atoms with E-state index >= 15 is 0 Å². The zero-order valence-electron chi connectivity index (χ0n) is 10.8. The van der Waals surface area contributed by atoms with Gasteiger partial charge in [0, 0.05) is 10.0 Å². The van der Waals surface area contributed by atoms with Gasteiger partial charge >= 0.3 is 0 Å². The minimum Gasteiger partial charge on any atom is -0.438 e. The summed E-state index contributed by atoms with van der Waals surface area (Å²) in [5.74, 6) is 1.43. The molecule has 0 aliphatic carbocycles. The molecule has 0 saturated heterocycles. The van der Waals surface area contributed by atoms with Gasteiger partial charge in [-0.1, -0.05) is 41.9 Å². The van der Waals surface area contributed by atoms with Crippen LogP contribution in [0.4, 0.5) is 0 Å². The van der Waals surface area contributed by atoms with Gasteiger partial charge in [0.25, 0.3) is 0 Å². The van der Waals surface area contributed by atoms with E-state index in [1.165, 1.54) is 0 Å². The van der Waals surface area contributed by atoms with Gasteiger partial charge in [-0.2, -0.15) is 0 Å². The molecule has 1 atom stereocenters. The van der Waals surface area contributed by atoms with Crippen LogP contribution in [-0.2, 0) is 4.79 Å². The summed E-state index contributed by atoms with van der Waals surface area (Å²) in [5, 5.41) is 2.73. The van der Waals surface area contributed by atoms with E-state index in [2.05, 4.69) is 26.2 Å². The number of aromatic nitrogens is 1. The molecular weight excluding hydrogens is 308 g/mol. The molecule has 19 heavy (non-hydrogen) atoms. The Balaban J connectivity index is 2.27.